The van der Waals surface area contributed by atoms with Gasteiger partial charge in [0.1, 0.15) is 0 Å². The summed E-state index contributed by atoms with van der Waals surface area (Å²) in [6, 6.07) is 11.0. The van der Waals surface area contributed by atoms with Crippen LogP contribution in [0.1, 0.15) is 18.9 Å². The van der Waals surface area contributed by atoms with E-state index >= 15 is 0 Å². The monoisotopic (exact) mass is 337 g/mol. The van der Waals surface area contributed by atoms with Crippen LogP contribution < -0.4 is 0 Å². The van der Waals surface area contributed by atoms with Gasteiger partial charge in [-0.2, -0.15) is 0 Å². The Balaban J connectivity index is 1.92. The van der Waals surface area contributed by atoms with E-state index in [0.29, 0.717) is 52.3 Å². The summed E-state index contributed by atoms with van der Waals surface area (Å²) in [5.41, 5.74) is 1.32. The zero-order valence-electron chi connectivity index (χ0n) is 14.8. The quantitative estimate of drug-likeness (QED) is 0.847. The fourth-order valence-electron chi connectivity index (χ4n) is 2.75. The first-order chi connectivity index (χ1) is 11.9. The smallest absolute Gasteiger partial charge is 0.0701 e. The van der Waals surface area contributed by atoms with Gasteiger partial charge in [0.25, 0.3) is 0 Å². The van der Waals surface area contributed by atoms with Gasteiger partial charge < -0.3 is 18.9 Å². The Morgan fingerprint density at radius 1 is 0.833 bits per heavy atom. The average Bonchev–Trinajstić information content (AvgIpc) is 2.62. The van der Waals surface area contributed by atoms with Crippen LogP contribution in [0.25, 0.3) is 0 Å². The van der Waals surface area contributed by atoms with Crippen LogP contribution in [0.2, 0.25) is 0 Å². The molecular formula is C19H31NO4. The van der Waals surface area contributed by atoms with Gasteiger partial charge in [-0.3, -0.25) is 4.90 Å². The lowest BCUT2D eigenvalue weighted by molar-refractivity contribution is -0.00139. The van der Waals surface area contributed by atoms with Crippen molar-refractivity contribution in [3.05, 3.63) is 35.9 Å². The van der Waals surface area contributed by atoms with Crippen molar-refractivity contribution >= 4 is 0 Å². The molecule has 24 heavy (non-hydrogen) atoms. The molecule has 1 heterocycles. The predicted octanol–water partition coefficient (Wildman–Crippen LogP) is 2.35. The lowest BCUT2D eigenvalue weighted by Gasteiger charge is -2.31. The molecule has 0 amide bonds. The van der Waals surface area contributed by atoms with Crippen LogP contribution in [0.4, 0.5) is 0 Å². The Hall–Kier alpha value is -0.980. The lowest BCUT2D eigenvalue weighted by atomic mass is 10.1. The SMILES string of the molecule is CC[C@@H]1COCCOCCOCCOCCN1Cc1ccccc1. The molecule has 0 radical (unpaired) electrons. The van der Waals surface area contributed by atoms with Crippen molar-refractivity contribution in [3.63, 3.8) is 0 Å². The minimum Gasteiger partial charge on any atom is -0.378 e. The minimum absolute atomic E-state index is 0.384. The van der Waals surface area contributed by atoms with Gasteiger partial charge in [0.2, 0.25) is 0 Å². The maximum absolute atomic E-state index is 5.83. The number of nitrogens with zero attached hydrogens (tertiary/aromatic N) is 1. The number of benzene rings is 1. The summed E-state index contributed by atoms with van der Waals surface area (Å²) in [5, 5.41) is 0. The predicted molar refractivity (Wildman–Crippen MR) is 94.2 cm³/mol. The van der Waals surface area contributed by atoms with E-state index in [1.54, 1.807) is 0 Å². The molecule has 1 atom stereocenters. The lowest BCUT2D eigenvalue weighted by Crippen LogP contribution is -2.40. The number of hydrogen-bond donors (Lipinski definition) is 0. The number of rotatable bonds is 3. The Labute approximate surface area is 145 Å². The van der Waals surface area contributed by atoms with Crippen molar-refractivity contribution in [2.24, 2.45) is 0 Å². The first kappa shape index (κ1) is 19.3. The molecule has 0 aromatic heterocycles. The molecule has 0 N–H and O–H groups in total. The topological polar surface area (TPSA) is 40.2 Å². The molecule has 5 nitrogen and oxygen atoms in total. The second kappa shape index (κ2) is 12.4. The van der Waals surface area contributed by atoms with E-state index in [1.807, 2.05) is 0 Å². The summed E-state index contributed by atoms with van der Waals surface area (Å²) >= 11 is 0. The van der Waals surface area contributed by atoms with Crippen LogP contribution >= 0.6 is 0 Å². The Kier molecular flexibility index (Phi) is 9.99. The van der Waals surface area contributed by atoms with E-state index < -0.39 is 0 Å². The third-order valence-corrected chi connectivity index (χ3v) is 4.17. The Morgan fingerprint density at radius 2 is 1.42 bits per heavy atom. The molecule has 5 heteroatoms. The molecule has 2 rings (SSSR count). The van der Waals surface area contributed by atoms with Gasteiger partial charge in [-0.05, 0) is 12.0 Å². The maximum Gasteiger partial charge on any atom is 0.0701 e. The zero-order valence-corrected chi connectivity index (χ0v) is 14.8. The largest absolute Gasteiger partial charge is 0.378 e. The molecule has 1 aliphatic heterocycles. The first-order valence-electron chi connectivity index (χ1n) is 8.99. The summed E-state index contributed by atoms with van der Waals surface area (Å²) in [5.74, 6) is 0. The molecule has 0 unspecified atom stereocenters. The van der Waals surface area contributed by atoms with Crippen molar-refractivity contribution in [3.8, 4) is 0 Å². The van der Waals surface area contributed by atoms with E-state index in [9.17, 15) is 0 Å². The van der Waals surface area contributed by atoms with Crippen molar-refractivity contribution < 1.29 is 18.9 Å². The molecule has 136 valence electrons. The van der Waals surface area contributed by atoms with Crippen molar-refractivity contribution in [2.75, 3.05) is 59.4 Å². The molecule has 1 fully saturated rings. The molecular weight excluding hydrogens is 306 g/mol. The van der Waals surface area contributed by atoms with Crippen LogP contribution in [-0.4, -0.2) is 70.3 Å². The molecule has 1 aliphatic rings. The molecule has 0 spiro atoms. The highest BCUT2D eigenvalue weighted by atomic mass is 16.6. The van der Waals surface area contributed by atoms with Gasteiger partial charge in [-0.1, -0.05) is 37.3 Å². The van der Waals surface area contributed by atoms with E-state index in [0.717, 1.165) is 26.1 Å². The van der Waals surface area contributed by atoms with Crippen molar-refractivity contribution in [1.29, 1.82) is 0 Å². The number of ether oxygens (including phenoxy) is 4. The molecule has 1 saturated heterocycles. The van der Waals surface area contributed by atoms with Crippen LogP contribution in [0.5, 0.6) is 0 Å². The standard InChI is InChI=1S/C19H31NO4/c1-2-19-17-24-15-14-23-13-12-22-11-10-21-9-8-20(19)16-18-6-4-3-5-7-18/h3-7,19H,2,8-17H2,1H3/t19-/m1/s1. The van der Waals surface area contributed by atoms with Gasteiger partial charge in [0.15, 0.2) is 0 Å². The van der Waals surface area contributed by atoms with Crippen molar-refractivity contribution in [1.82, 2.24) is 4.90 Å². The van der Waals surface area contributed by atoms with Crippen molar-refractivity contribution in [2.45, 2.75) is 25.9 Å². The number of hydrogen-bond acceptors (Lipinski definition) is 5. The van der Waals surface area contributed by atoms with Crippen LogP contribution in [0, 0.1) is 0 Å². The Morgan fingerprint density at radius 3 is 2.04 bits per heavy atom. The van der Waals surface area contributed by atoms with E-state index in [1.165, 1.54) is 5.56 Å². The third kappa shape index (κ3) is 7.73. The summed E-state index contributed by atoms with van der Waals surface area (Å²) in [7, 11) is 0. The summed E-state index contributed by atoms with van der Waals surface area (Å²) in [4.78, 5) is 2.46. The summed E-state index contributed by atoms with van der Waals surface area (Å²) < 4.78 is 22.5. The fraction of sp³-hybridized carbons (Fsp3) is 0.684. The average molecular weight is 337 g/mol. The summed E-state index contributed by atoms with van der Waals surface area (Å²) in [6.45, 7) is 9.19. The normalized spacial score (nSPS) is 23.3. The highest BCUT2D eigenvalue weighted by molar-refractivity contribution is 5.14. The molecule has 0 saturated carbocycles. The first-order valence-corrected chi connectivity index (χ1v) is 8.99. The highest BCUT2D eigenvalue weighted by Crippen LogP contribution is 2.11. The van der Waals surface area contributed by atoms with Gasteiger partial charge in [-0.25, -0.2) is 0 Å². The van der Waals surface area contributed by atoms with Gasteiger partial charge in [0, 0.05) is 19.1 Å². The van der Waals surface area contributed by atoms with Crippen LogP contribution in [0.3, 0.4) is 0 Å². The second-order valence-electron chi connectivity index (χ2n) is 5.93. The minimum atomic E-state index is 0.384. The molecule has 1 aromatic carbocycles. The van der Waals surface area contributed by atoms with Gasteiger partial charge in [0.05, 0.1) is 52.9 Å². The zero-order chi connectivity index (χ0) is 16.9. The van der Waals surface area contributed by atoms with E-state index in [-0.39, 0.29) is 0 Å². The maximum atomic E-state index is 5.83. The highest BCUT2D eigenvalue weighted by Gasteiger charge is 2.17. The molecule has 0 aliphatic carbocycles. The van der Waals surface area contributed by atoms with E-state index in [2.05, 4.69) is 42.2 Å². The molecule has 1 aromatic rings. The second-order valence-corrected chi connectivity index (χ2v) is 5.93. The van der Waals surface area contributed by atoms with Crippen LogP contribution in [0.15, 0.2) is 30.3 Å². The van der Waals surface area contributed by atoms with Gasteiger partial charge >= 0.3 is 0 Å². The van der Waals surface area contributed by atoms with Crippen LogP contribution in [-0.2, 0) is 25.5 Å². The Bertz CT molecular complexity index is 415. The van der Waals surface area contributed by atoms with Gasteiger partial charge in [-0.15, -0.1) is 0 Å². The fourth-order valence-corrected chi connectivity index (χ4v) is 2.75. The molecule has 0 bridgehead atoms. The third-order valence-electron chi connectivity index (χ3n) is 4.17. The van der Waals surface area contributed by atoms with E-state index in [4.69, 9.17) is 18.9 Å². The summed E-state index contributed by atoms with van der Waals surface area (Å²) in [6.07, 6.45) is 1.05.